The predicted octanol–water partition coefficient (Wildman–Crippen LogP) is 2.52. The number of fused-ring (bicyclic) bond motifs is 1. The van der Waals surface area contributed by atoms with Gasteiger partial charge in [-0.15, -0.1) is 0 Å². The molecule has 1 unspecified atom stereocenters. The van der Waals surface area contributed by atoms with Crippen molar-refractivity contribution in [1.82, 2.24) is 10.3 Å². The number of hydrogen-bond acceptors (Lipinski definition) is 3. The Morgan fingerprint density at radius 1 is 1.32 bits per heavy atom. The third-order valence-electron chi connectivity index (χ3n) is 3.31. The summed E-state index contributed by atoms with van der Waals surface area (Å²) in [6.07, 6.45) is 2.62. The second-order valence-electron chi connectivity index (χ2n) is 4.57. The number of carbonyl (C=O) groups is 2. The van der Waals surface area contributed by atoms with Gasteiger partial charge in [0.05, 0.1) is 11.4 Å². The molecule has 96 valence electrons. The Morgan fingerprint density at radius 2 is 2.16 bits per heavy atom. The zero-order valence-corrected chi connectivity index (χ0v) is 11.6. The van der Waals surface area contributed by atoms with Gasteiger partial charge in [-0.25, -0.2) is 0 Å². The van der Waals surface area contributed by atoms with Gasteiger partial charge in [0.2, 0.25) is 11.8 Å². The number of aromatic nitrogens is 1. The molecule has 2 heterocycles. The number of piperidine rings is 1. The summed E-state index contributed by atoms with van der Waals surface area (Å²) < 4.78 is 0.910. The van der Waals surface area contributed by atoms with Gasteiger partial charge < -0.3 is 0 Å². The third-order valence-corrected chi connectivity index (χ3v) is 3.77. The van der Waals surface area contributed by atoms with Crippen LogP contribution in [-0.4, -0.2) is 16.8 Å². The van der Waals surface area contributed by atoms with E-state index in [9.17, 15) is 9.59 Å². The maximum Gasteiger partial charge on any atom is 0.234 e. The lowest BCUT2D eigenvalue weighted by molar-refractivity contribution is -0.134. The van der Waals surface area contributed by atoms with Crippen LogP contribution in [0.1, 0.15) is 24.3 Å². The summed E-state index contributed by atoms with van der Waals surface area (Å²) in [5.41, 5.74) is 1.69. The third kappa shape index (κ3) is 2.26. The summed E-state index contributed by atoms with van der Waals surface area (Å²) in [6, 6.07) is 7.71. The van der Waals surface area contributed by atoms with Crippen molar-refractivity contribution in [2.75, 3.05) is 0 Å². The Hall–Kier alpha value is -1.75. The quantitative estimate of drug-likeness (QED) is 0.822. The van der Waals surface area contributed by atoms with Crippen molar-refractivity contribution >= 4 is 38.6 Å². The molecular formula is C14H11BrN2O2. The Balaban J connectivity index is 2.14. The van der Waals surface area contributed by atoms with Crippen molar-refractivity contribution in [2.24, 2.45) is 0 Å². The topological polar surface area (TPSA) is 59.1 Å². The van der Waals surface area contributed by atoms with Crippen LogP contribution in [0.3, 0.4) is 0 Å². The summed E-state index contributed by atoms with van der Waals surface area (Å²) in [4.78, 5) is 27.6. The number of nitrogens with zero attached hydrogens (tertiary/aromatic N) is 1. The van der Waals surface area contributed by atoms with E-state index in [0.717, 1.165) is 20.9 Å². The van der Waals surface area contributed by atoms with E-state index in [1.807, 2.05) is 24.3 Å². The number of rotatable bonds is 1. The van der Waals surface area contributed by atoms with Crippen molar-refractivity contribution in [3.05, 3.63) is 40.5 Å². The Bertz CT molecular complexity index is 684. The summed E-state index contributed by atoms with van der Waals surface area (Å²) in [6.45, 7) is 0. The largest absolute Gasteiger partial charge is 0.296 e. The second-order valence-corrected chi connectivity index (χ2v) is 5.49. The molecule has 1 aromatic carbocycles. The van der Waals surface area contributed by atoms with Gasteiger partial charge in [0.25, 0.3) is 0 Å². The highest BCUT2D eigenvalue weighted by Crippen LogP contribution is 2.32. The first kappa shape index (κ1) is 12.3. The monoisotopic (exact) mass is 318 g/mol. The normalized spacial score (nSPS) is 19.5. The average Bonchev–Trinajstić information content (AvgIpc) is 2.38. The van der Waals surface area contributed by atoms with Gasteiger partial charge in [-0.05, 0) is 30.2 Å². The molecular weight excluding hydrogens is 308 g/mol. The van der Waals surface area contributed by atoms with Gasteiger partial charge in [-0.3, -0.25) is 19.9 Å². The van der Waals surface area contributed by atoms with Crippen molar-refractivity contribution in [3.8, 4) is 0 Å². The Labute approximate surface area is 118 Å². The highest BCUT2D eigenvalue weighted by molar-refractivity contribution is 9.10. The van der Waals surface area contributed by atoms with Gasteiger partial charge in [0.15, 0.2) is 0 Å². The van der Waals surface area contributed by atoms with Gasteiger partial charge in [0.1, 0.15) is 0 Å². The Kier molecular flexibility index (Phi) is 3.06. The molecule has 1 N–H and O–H groups in total. The molecule has 0 saturated carbocycles. The maximum absolute atomic E-state index is 12.0. The summed E-state index contributed by atoms with van der Waals surface area (Å²) in [5.74, 6) is -0.748. The molecule has 1 fully saturated rings. The zero-order chi connectivity index (χ0) is 13.4. The molecule has 5 heteroatoms. The van der Waals surface area contributed by atoms with E-state index in [2.05, 4.69) is 26.2 Å². The van der Waals surface area contributed by atoms with Crippen LogP contribution >= 0.6 is 15.9 Å². The fourth-order valence-corrected chi connectivity index (χ4v) is 2.93. The zero-order valence-electron chi connectivity index (χ0n) is 10.0. The number of hydrogen-bond donors (Lipinski definition) is 1. The molecule has 3 rings (SSSR count). The minimum absolute atomic E-state index is 0.200. The fourth-order valence-electron chi connectivity index (χ4n) is 2.44. The van der Waals surface area contributed by atoms with Crippen molar-refractivity contribution in [2.45, 2.75) is 18.8 Å². The van der Waals surface area contributed by atoms with E-state index in [4.69, 9.17) is 0 Å². The molecule has 1 atom stereocenters. The van der Waals surface area contributed by atoms with Crippen molar-refractivity contribution in [3.63, 3.8) is 0 Å². The number of benzene rings is 1. The second kappa shape index (κ2) is 4.74. The van der Waals surface area contributed by atoms with E-state index in [0.29, 0.717) is 12.8 Å². The van der Waals surface area contributed by atoms with Crippen LogP contribution in [0.4, 0.5) is 0 Å². The first-order valence-electron chi connectivity index (χ1n) is 6.03. The SMILES string of the molecule is O=C1CCC(c2cc(Br)cc3cccnc23)C(=O)N1. The lowest BCUT2D eigenvalue weighted by Gasteiger charge is -2.22. The van der Waals surface area contributed by atoms with Gasteiger partial charge in [-0.2, -0.15) is 0 Å². The number of carbonyl (C=O) groups excluding carboxylic acids is 2. The molecule has 1 saturated heterocycles. The summed E-state index contributed by atoms with van der Waals surface area (Å²) in [7, 11) is 0. The number of imide groups is 1. The first-order chi connectivity index (χ1) is 9.15. The average molecular weight is 319 g/mol. The summed E-state index contributed by atoms with van der Waals surface area (Å²) in [5, 5.41) is 3.37. The van der Waals surface area contributed by atoms with Crippen molar-refractivity contribution in [1.29, 1.82) is 0 Å². The van der Waals surface area contributed by atoms with Gasteiger partial charge in [0, 0.05) is 22.5 Å². The van der Waals surface area contributed by atoms with E-state index in [1.165, 1.54) is 0 Å². The van der Waals surface area contributed by atoms with Crippen LogP contribution in [0.25, 0.3) is 10.9 Å². The maximum atomic E-state index is 12.0. The summed E-state index contributed by atoms with van der Waals surface area (Å²) >= 11 is 3.46. The molecule has 0 bridgehead atoms. The number of halogens is 1. The van der Waals surface area contributed by atoms with Crippen LogP contribution in [0.2, 0.25) is 0 Å². The highest BCUT2D eigenvalue weighted by atomic mass is 79.9. The van der Waals surface area contributed by atoms with E-state index in [-0.39, 0.29) is 17.7 Å². The molecule has 19 heavy (non-hydrogen) atoms. The molecule has 4 nitrogen and oxygen atoms in total. The minimum Gasteiger partial charge on any atom is -0.296 e. The van der Waals surface area contributed by atoms with E-state index >= 15 is 0 Å². The molecule has 0 aliphatic carbocycles. The van der Waals surface area contributed by atoms with Crippen LogP contribution in [0.15, 0.2) is 34.9 Å². The van der Waals surface area contributed by atoms with Gasteiger partial charge >= 0.3 is 0 Å². The standard InChI is InChI=1S/C14H11BrN2O2/c15-9-6-8-2-1-5-16-13(8)11(7-9)10-3-4-12(18)17-14(10)19/h1-2,5-7,10H,3-4H2,(H,17,18,19). The lowest BCUT2D eigenvalue weighted by Crippen LogP contribution is -2.39. The van der Waals surface area contributed by atoms with Crippen molar-refractivity contribution < 1.29 is 9.59 Å². The predicted molar refractivity (Wildman–Crippen MR) is 74.6 cm³/mol. The van der Waals surface area contributed by atoms with Crippen LogP contribution in [-0.2, 0) is 9.59 Å². The lowest BCUT2D eigenvalue weighted by atomic mass is 9.89. The van der Waals surface area contributed by atoms with Gasteiger partial charge in [-0.1, -0.05) is 22.0 Å². The molecule has 0 radical (unpaired) electrons. The smallest absolute Gasteiger partial charge is 0.234 e. The number of nitrogens with one attached hydrogen (secondary N) is 1. The van der Waals surface area contributed by atoms with Crippen LogP contribution in [0.5, 0.6) is 0 Å². The minimum atomic E-state index is -0.312. The molecule has 1 aliphatic heterocycles. The molecule has 1 aromatic heterocycles. The van der Waals surface area contributed by atoms with E-state index < -0.39 is 0 Å². The number of pyridine rings is 1. The van der Waals surface area contributed by atoms with E-state index in [1.54, 1.807) is 6.20 Å². The Morgan fingerprint density at radius 3 is 2.95 bits per heavy atom. The van der Waals surface area contributed by atoms with Crippen LogP contribution in [0, 0.1) is 0 Å². The molecule has 1 aliphatic rings. The fraction of sp³-hybridized carbons (Fsp3) is 0.214. The highest BCUT2D eigenvalue weighted by Gasteiger charge is 2.29. The first-order valence-corrected chi connectivity index (χ1v) is 6.82. The molecule has 0 spiro atoms. The number of amides is 2. The molecule has 2 amide bonds. The molecule has 2 aromatic rings. The van der Waals surface area contributed by atoms with Crippen LogP contribution < -0.4 is 5.32 Å².